The summed E-state index contributed by atoms with van der Waals surface area (Å²) in [5, 5.41) is 2.82. The van der Waals surface area contributed by atoms with Crippen molar-refractivity contribution in [3.63, 3.8) is 0 Å². The van der Waals surface area contributed by atoms with Gasteiger partial charge in [0.15, 0.2) is 0 Å². The predicted octanol–water partition coefficient (Wildman–Crippen LogP) is 1.80. The van der Waals surface area contributed by atoms with Gasteiger partial charge < -0.3 is 10.2 Å². The van der Waals surface area contributed by atoms with Crippen molar-refractivity contribution in [2.45, 2.75) is 13.8 Å². The Morgan fingerprint density at radius 3 is 2.68 bits per heavy atom. The lowest BCUT2D eigenvalue weighted by molar-refractivity contribution is -0.116. The van der Waals surface area contributed by atoms with Crippen molar-refractivity contribution < 1.29 is 9.59 Å². The van der Waals surface area contributed by atoms with E-state index in [9.17, 15) is 9.59 Å². The minimum atomic E-state index is -0.343. The average Bonchev–Trinajstić information content (AvgIpc) is 2.52. The van der Waals surface area contributed by atoms with Crippen LogP contribution in [0.25, 0.3) is 0 Å². The molecule has 0 unspecified atom stereocenters. The van der Waals surface area contributed by atoms with Gasteiger partial charge in [-0.2, -0.15) is 0 Å². The standard InChI is InChI=1S/C16H18N4O2/c1-11-5-4-6-13(12(11)2)19-15(21)10-20(3)16(22)14-9-17-7-8-18-14/h4-9H,10H2,1-3H3,(H,19,21). The Kier molecular flexibility index (Phi) is 4.83. The SMILES string of the molecule is Cc1cccc(NC(=O)CN(C)C(=O)c2cnccn2)c1C. The smallest absolute Gasteiger partial charge is 0.274 e. The van der Waals surface area contributed by atoms with Gasteiger partial charge in [0.1, 0.15) is 5.69 Å². The molecule has 0 saturated carbocycles. The minimum absolute atomic E-state index is 0.0528. The molecule has 1 heterocycles. The molecule has 6 heteroatoms. The van der Waals surface area contributed by atoms with Crippen molar-refractivity contribution >= 4 is 17.5 Å². The second kappa shape index (κ2) is 6.80. The van der Waals surface area contributed by atoms with Crippen LogP contribution in [0.2, 0.25) is 0 Å². The molecule has 0 aliphatic carbocycles. The Morgan fingerprint density at radius 1 is 1.23 bits per heavy atom. The summed E-state index contributed by atoms with van der Waals surface area (Å²) in [6, 6.07) is 5.70. The molecular weight excluding hydrogens is 280 g/mol. The van der Waals surface area contributed by atoms with Gasteiger partial charge in [-0.3, -0.25) is 14.6 Å². The second-order valence-corrected chi connectivity index (χ2v) is 5.05. The van der Waals surface area contributed by atoms with Gasteiger partial charge in [0.05, 0.1) is 12.7 Å². The van der Waals surface area contributed by atoms with Gasteiger partial charge in [0.2, 0.25) is 5.91 Å². The first kappa shape index (κ1) is 15.6. The molecule has 2 rings (SSSR count). The maximum Gasteiger partial charge on any atom is 0.274 e. The summed E-state index contributed by atoms with van der Waals surface area (Å²) in [5.74, 6) is -0.599. The lowest BCUT2D eigenvalue weighted by atomic mass is 10.1. The van der Waals surface area contributed by atoms with Crippen LogP contribution in [-0.4, -0.2) is 40.3 Å². The van der Waals surface area contributed by atoms with Gasteiger partial charge in [-0.25, -0.2) is 4.98 Å². The second-order valence-electron chi connectivity index (χ2n) is 5.05. The molecule has 0 aliphatic heterocycles. The highest BCUT2D eigenvalue weighted by atomic mass is 16.2. The quantitative estimate of drug-likeness (QED) is 0.934. The number of aryl methyl sites for hydroxylation is 1. The number of carbonyl (C=O) groups is 2. The molecule has 1 aromatic heterocycles. The summed E-state index contributed by atoms with van der Waals surface area (Å²) in [7, 11) is 1.56. The van der Waals surface area contributed by atoms with Crippen LogP contribution in [0.5, 0.6) is 0 Å². The van der Waals surface area contributed by atoms with Crippen molar-refractivity contribution in [1.82, 2.24) is 14.9 Å². The van der Waals surface area contributed by atoms with E-state index in [2.05, 4.69) is 15.3 Å². The molecule has 0 saturated heterocycles. The molecule has 6 nitrogen and oxygen atoms in total. The zero-order chi connectivity index (χ0) is 16.1. The zero-order valence-electron chi connectivity index (χ0n) is 12.8. The average molecular weight is 298 g/mol. The molecular formula is C16H18N4O2. The molecule has 0 bridgehead atoms. The monoisotopic (exact) mass is 298 g/mol. The Hall–Kier alpha value is -2.76. The van der Waals surface area contributed by atoms with Crippen molar-refractivity contribution in [1.29, 1.82) is 0 Å². The van der Waals surface area contributed by atoms with Crippen LogP contribution in [0.1, 0.15) is 21.6 Å². The number of hydrogen-bond acceptors (Lipinski definition) is 4. The van der Waals surface area contributed by atoms with E-state index in [0.717, 1.165) is 16.8 Å². The third-order valence-electron chi connectivity index (χ3n) is 3.39. The summed E-state index contributed by atoms with van der Waals surface area (Å²) in [5.41, 5.74) is 3.08. The van der Waals surface area contributed by atoms with E-state index in [1.807, 2.05) is 32.0 Å². The van der Waals surface area contributed by atoms with E-state index in [1.54, 1.807) is 7.05 Å². The fourth-order valence-corrected chi connectivity index (χ4v) is 1.97. The number of carbonyl (C=O) groups excluding carboxylic acids is 2. The molecule has 0 fully saturated rings. The summed E-state index contributed by atoms with van der Waals surface area (Å²) in [6.07, 6.45) is 4.31. The van der Waals surface area contributed by atoms with Crippen molar-refractivity contribution in [3.8, 4) is 0 Å². The van der Waals surface area contributed by atoms with E-state index in [-0.39, 0.29) is 24.1 Å². The van der Waals surface area contributed by atoms with E-state index < -0.39 is 0 Å². The number of likely N-dealkylation sites (N-methyl/N-ethyl adjacent to an activating group) is 1. The predicted molar refractivity (Wildman–Crippen MR) is 83.5 cm³/mol. The first-order valence-corrected chi connectivity index (χ1v) is 6.86. The fourth-order valence-electron chi connectivity index (χ4n) is 1.97. The van der Waals surface area contributed by atoms with Crippen LogP contribution in [0.4, 0.5) is 5.69 Å². The van der Waals surface area contributed by atoms with Gasteiger partial charge in [0, 0.05) is 25.1 Å². The number of nitrogens with zero attached hydrogens (tertiary/aromatic N) is 3. The van der Waals surface area contributed by atoms with Crippen LogP contribution in [0.15, 0.2) is 36.8 Å². The van der Waals surface area contributed by atoms with Crippen LogP contribution < -0.4 is 5.32 Å². The number of hydrogen-bond donors (Lipinski definition) is 1. The van der Waals surface area contributed by atoms with Crippen molar-refractivity contribution in [2.24, 2.45) is 0 Å². The lowest BCUT2D eigenvalue weighted by Crippen LogP contribution is -2.35. The highest BCUT2D eigenvalue weighted by Gasteiger charge is 2.16. The highest BCUT2D eigenvalue weighted by Crippen LogP contribution is 2.17. The molecule has 114 valence electrons. The van der Waals surface area contributed by atoms with Gasteiger partial charge >= 0.3 is 0 Å². The number of nitrogens with one attached hydrogen (secondary N) is 1. The number of benzene rings is 1. The van der Waals surface area contributed by atoms with Crippen molar-refractivity contribution in [3.05, 3.63) is 53.6 Å². The molecule has 0 spiro atoms. The van der Waals surface area contributed by atoms with Crippen LogP contribution in [0, 0.1) is 13.8 Å². The minimum Gasteiger partial charge on any atom is -0.331 e. The number of aromatic nitrogens is 2. The number of anilines is 1. The van der Waals surface area contributed by atoms with E-state index in [1.165, 1.54) is 23.5 Å². The van der Waals surface area contributed by atoms with E-state index in [4.69, 9.17) is 0 Å². The van der Waals surface area contributed by atoms with Gasteiger partial charge in [0.25, 0.3) is 5.91 Å². The Bertz CT molecular complexity index is 686. The van der Waals surface area contributed by atoms with Crippen LogP contribution in [-0.2, 0) is 4.79 Å². The van der Waals surface area contributed by atoms with Gasteiger partial charge in [-0.15, -0.1) is 0 Å². The summed E-state index contributed by atoms with van der Waals surface area (Å²) >= 11 is 0. The van der Waals surface area contributed by atoms with Gasteiger partial charge in [-0.05, 0) is 31.0 Å². The topological polar surface area (TPSA) is 75.2 Å². The Labute approximate surface area is 129 Å². The van der Waals surface area contributed by atoms with Crippen LogP contribution in [0.3, 0.4) is 0 Å². The van der Waals surface area contributed by atoms with E-state index in [0.29, 0.717) is 0 Å². The summed E-state index contributed by atoms with van der Waals surface area (Å²) in [6.45, 7) is 3.87. The number of rotatable bonds is 4. The molecule has 1 N–H and O–H groups in total. The Morgan fingerprint density at radius 2 is 2.00 bits per heavy atom. The molecule has 0 aliphatic rings. The molecule has 0 radical (unpaired) electrons. The Balaban J connectivity index is 2.00. The first-order valence-electron chi connectivity index (χ1n) is 6.86. The van der Waals surface area contributed by atoms with E-state index >= 15 is 0 Å². The highest BCUT2D eigenvalue weighted by molar-refractivity contribution is 5.98. The molecule has 2 amide bonds. The fraction of sp³-hybridized carbons (Fsp3) is 0.250. The van der Waals surface area contributed by atoms with Crippen molar-refractivity contribution in [2.75, 3.05) is 18.9 Å². The number of amides is 2. The largest absolute Gasteiger partial charge is 0.331 e. The maximum atomic E-state index is 12.1. The molecule has 0 atom stereocenters. The first-order chi connectivity index (χ1) is 10.5. The zero-order valence-corrected chi connectivity index (χ0v) is 12.8. The molecule has 1 aromatic carbocycles. The molecule has 2 aromatic rings. The lowest BCUT2D eigenvalue weighted by Gasteiger charge is -2.17. The maximum absolute atomic E-state index is 12.1. The third kappa shape index (κ3) is 3.66. The normalized spacial score (nSPS) is 10.1. The summed E-state index contributed by atoms with van der Waals surface area (Å²) in [4.78, 5) is 33.3. The van der Waals surface area contributed by atoms with Crippen LogP contribution >= 0.6 is 0 Å². The molecule has 22 heavy (non-hydrogen) atoms. The van der Waals surface area contributed by atoms with Gasteiger partial charge in [-0.1, -0.05) is 12.1 Å². The summed E-state index contributed by atoms with van der Waals surface area (Å²) < 4.78 is 0. The third-order valence-corrected chi connectivity index (χ3v) is 3.39.